The Labute approximate surface area is 108 Å². The van der Waals surface area contributed by atoms with Crippen LogP contribution >= 0.6 is 11.3 Å². The van der Waals surface area contributed by atoms with Gasteiger partial charge in [-0.2, -0.15) is 0 Å². The Morgan fingerprint density at radius 2 is 1.88 bits per heavy atom. The lowest BCUT2D eigenvalue weighted by molar-refractivity contribution is 0.639. The topological polar surface area (TPSA) is 12.0 Å². The predicted molar refractivity (Wildman–Crippen MR) is 75.8 cm³/mol. The molecule has 90 valence electrons. The van der Waals surface area contributed by atoms with Gasteiger partial charge in [0.15, 0.2) is 0 Å². The fourth-order valence-electron chi connectivity index (χ4n) is 2.22. The lowest BCUT2D eigenvalue weighted by atomic mass is 10.0. The zero-order valence-corrected chi connectivity index (χ0v) is 11.5. The molecule has 0 aliphatic rings. The molecule has 2 aromatic rings. The second-order valence-electron chi connectivity index (χ2n) is 4.43. The lowest BCUT2D eigenvalue weighted by Crippen LogP contribution is -2.21. The van der Waals surface area contributed by atoms with E-state index in [1.165, 1.54) is 21.6 Å². The van der Waals surface area contributed by atoms with E-state index in [9.17, 15) is 0 Å². The molecule has 1 aromatic carbocycles. The van der Waals surface area contributed by atoms with Crippen LogP contribution in [0.2, 0.25) is 0 Å². The highest BCUT2D eigenvalue weighted by Crippen LogP contribution is 2.27. The van der Waals surface area contributed by atoms with Crippen LogP contribution in [0.1, 0.15) is 34.5 Å². The molecule has 0 saturated carbocycles. The van der Waals surface area contributed by atoms with Crippen molar-refractivity contribution >= 4 is 11.3 Å². The van der Waals surface area contributed by atoms with E-state index >= 15 is 0 Å². The predicted octanol–water partition coefficient (Wildman–Crippen LogP) is 4.06. The number of rotatable bonds is 4. The van der Waals surface area contributed by atoms with Crippen LogP contribution in [-0.2, 0) is 0 Å². The molecule has 0 aliphatic heterocycles. The number of aryl methyl sites for hydroxylation is 2. The van der Waals surface area contributed by atoms with Gasteiger partial charge in [-0.3, -0.25) is 0 Å². The fourth-order valence-corrected chi connectivity index (χ4v) is 3.05. The van der Waals surface area contributed by atoms with Crippen molar-refractivity contribution in [3.8, 4) is 0 Å². The Hall–Kier alpha value is -1.12. The van der Waals surface area contributed by atoms with Crippen LogP contribution in [0.3, 0.4) is 0 Å². The van der Waals surface area contributed by atoms with Crippen LogP contribution in [0.25, 0.3) is 0 Å². The van der Waals surface area contributed by atoms with E-state index in [2.05, 4.69) is 61.8 Å². The van der Waals surface area contributed by atoms with Gasteiger partial charge < -0.3 is 5.32 Å². The summed E-state index contributed by atoms with van der Waals surface area (Å²) in [7, 11) is 0. The van der Waals surface area contributed by atoms with E-state index < -0.39 is 0 Å². The highest BCUT2D eigenvalue weighted by atomic mass is 32.1. The minimum absolute atomic E-state index is 0.332. The third kappa shape index (κ3) is 2.96. The molecule has 1 atom stereocenters. The highest BCUT2D eigenvalue weighted by Gasteiger charge is 2.14. The normalized spacial score (nSPS) is 12.6. The zero-order chi connectivity index (χ0) is 12.3. The van der Waals surface area contributed by atoms with Gasteiger partial charge in [0.1, 0.15) is 0 Å². The third-order valence-electron chi connectivity index (χ3n) is 2.81. The summed E-state index contributed by atoms with van der Waals surface area (Å²) >= 11 is 1.82. The maximum absolute atomic E-state index is 3.57. The summed E-state index contributed by atoms with van der Waals surface area (Å²) in [5, 5.41) is 5.71. The molecule has 0 radical (unpaired) electrons. The zero-order valence-electron chi connectivity index (χ0n) is 10.7. The number of hydrogen-bond acceptors (Lipinski definition) is 2. The second-order valence-corrected chi connectivity index (χ2v) is 5.41. The average Bonchev–Trinajstić information content (AvgIpc) is 2.77. The Balaban J connectivity index is 2.38. The van der Waals surface area contributed by atoms with Gasteiger partial charge in [0.2, 0.25) is 0 Å². The molecule has 1 unspecified atom stereocenters. The molecule has 17 heavy (non-hydrogen) atoms. The van der Waals surface area contributed by atoms with Crippen LogP contribution in [0.15, 0.2) is 35.7 Å². The van der Waals surface area contributed by atoms with E-state index in [1.54, 1.807) is 0 Å². The quantitative estimate of drug-likeness (QED) is 0.856. The molecule has 1 N–H and O–H groups in total. The molecule has 1 aromatic heterocycles. The third-order valence-corrected chi connectivity index (χ3v) is 3.75. The van der Waals surface area contributed by atoms with Crippen molar-refractivity contribution < 1.29 is 0 Å². The molecule has 2 heteroatoms. The van der Waals surface area contributed by atoms with Crippen molar-refractivity contribution in [3.05, 3.63) is 57.3 Å². The lowest BCUT2D eigenvalue weighted by Gasteiger charge is -2.18. The Morgan fingerprint density at radius 3 is 2.41 bits per heavy atom. The SMILES string of the molecule is CCNC(c1cc(C)cc(C)c1)c1cccs1. The van der Waals surface area contributed by atoms with Crippen LogP contribution < -0.4 is 5.32 Å². The van der Waals surface area contributed by atoms with Gasteiger partial charge >= 0.3 is 0 Å². The molecule has 0 bridgehead atoms. The monoisotopic (exact) mass is 245 g/mol. The highest BCUT2D eigenvalue weighted by molar-refractivity contribution is 7.10. The van der Waals surface area contributed by atoms with Crippen molar-refractivity contribution in [2.45, 2.75) is 26.8 Å². The Bertz CT molecular complexity index is 453. The van der Waals surface area contributed by atoms with Crippen LogP contribution in [0, 0.1) is 13.8 Å². The largest absolute Gasteiger partial charge is 0.306 e. The maximum atomic E-state index is 3.57. The first-order valence-corrected chi connectivity index (χ1v) is 6.93. The molecular formula is C15H19NS. The molecule has 2 rings (SSSR count). The maximum Gasteiger partial charge on any atom is 0.0671 e. The first-order valence-electron chi connectivity index (χ1n) is 6.05. The second kappa shape index (κ2) is 5.48. The van der Waals surface area contributed by atoms with Crippen molar-refractivity contribution in [2.24, 2.45) is 0 Å². The van der Waals surface area contributed by atoms with E-state index in [-0.39, 0.29) is 0 Å². The summed E-state index contributed by atoms with van der Waals surface area (Å²) in [5.41, 5.74) is 4.03. The summed E-state index contributed by atoms with van der Waals surface area (Å²) in [6.45, 7) is 7.46. The van der Waals surface area contributed by atoms with Gasteiger partial charge in [0, 0.05) is 4.88 Å². The first kappa shape index (κ1) is 12.3. The first-order chi connectivity index (χ1) is 8.20. The molecule has 0 spiro atoms. The van der Waals surface area contributed by atoms with Gasteiger partial charge in [-0.25, -0.2) is 0 Å². The number of hydrogen-bond donors (Lipinski definition) is 1. The number of thiophene rings is 1. The smallest absolute Gasteiger partial charge is 0.0671 e. The molecule has 0 amide bonds. The van der Waals surface area contributed by atoms with Gasteiger partial charge in [0.25, 0.3) is 0 Å². The number of nitrogens with one attached hydrogen (secondary N) is 1. The van der Waals surface area contributed by atoms with Gasteiger partial charge in [-0.15, -0.1) is 11.3 Å². The summed E-state index contributed by atoms with van der Waals surface area (Å²) in [4.78, 5) is 1.39. The van der Waals surface area contributed by atoms with E-state index in [0.29, 0.717) is 6.04 Å². The minimum atomic E-state index is 0.332. The summed E-state index contributed by atoms with van der Waals surface area (Å²) < 4.78 is 0. The molecule has 0 aliphatic carbocycles. The molecule has 1 nitrogen and oxygen atoms in total. The van der Waals surface area contributed by atoms with Crippen molar-refractivity contribution in [1.82, 2.24) is 5.32 Å². The van der Waals surface area contributed by atoms with Crippen molar-refractivity contribution in [3.63, 3.8) is 0 Å². The Morgan fingerprint density at radius 1 is 1.18 bits per heavy atom. The number of benzene rings is 1. The molecule has 1 heterocycles. The van der Waals surface area contributed by atoms with Crippen LogP contribution in [-0.4, -0.2) is 6.54 Å². The molecular weight excluding hydrogens is 226 g/mol. The van der Waals surface area contributed by atoms with Crippen molar-refractivity contribution in [1.29, 1.82) is 0 Å². The fraction of sp³-hybridized carbons (Fsp3) is 0.333. The summed E-state index contributed by atoms with van der Waals surface area (Å²) in [6, 6.07) is 11.4. The summed E-state index contributed by atoms with van der Waals surface area (Å²) in [5.74, 6) is 0. The minimum Gasteiger partial charge on any atom is -0.306 e. The van der Waals surface area contributed by atoms with Crippen LogP contribution in [0.4, 0.5) is 0 Å². The standard InChI is InChI=1S/C15H19NS/c1-4-16-15(14-6-5-7-17-14)13-9-11(2)8-12(3)10-13/h5-10,15-16H,4H2,1-3H3. The molecule has 0 saturated heterocycles. The van der Waals surface area contributed by atoms with E-state index in [4.69, 9.17) is 0 Å². The van der Waals surface area contributed by atoms with Crippen molar-refractivity contribution in [2.75, 3.05) is 6.54 Å². The van der Waals surface area contributed by atoms with Crippen LogP contribution in [0.5, 0.6) is 0 Å². The van der Waals surface area contributed by atoms with E-state index in [0.717, 1.165) is 6.54 Å². The van der Waals surface area contributed by atoms with Gasteiger partial charge in [0.05, 0.1) is 6.04 Å². The van der Waals surface area contributed by atoms with E-state index in [1.807, 2.05) is 11.3 Å². The molecule has 0 fully saturated rings. The van der Waals surface area contributed by atoms with Gasteiger partial charge in [-0.05, 0) is 37.4 Å². The Kier molecular flexibility index (Phi) is 3.97. The van der Waals surface area contributed by atoms with Gasteiger partial charge in [-0.1, -0.05) is 42.3 Å². The summed E-state index contributed by atoms with van der Waals surface area (Å²) in [6.07, 6.45) is 0. The average molecular weight is 245 g/mol.